The highest BCUT2D eigenvalue weighted by molar-refractivity contribution is 7.12. The first kappa shape index (κ1) is 11.5. The van der Waals surface area contributed by atoms with Crippen molar-refractivity contribution in [3.8, 4) is 10.6 Å². The molecule has 1 aromatic heterocycles. The van der Waals surface area contributed by atoms with Crippen LogP contribution in [0.25, 0.3) is 10.6 Å². The zero-order valence-corrected chi connectivity index (χ0v) is 9.51. The molecule has 0 amide bonds. The number of nitrogens with zero attached hydrogens (tertiary/aromatic N) is 1. The van der Waals surface area contributed by atoms with E-state index in [2.05, 4.69) is 14.9 Å². The van der Waals surface area contributed by atoms with Crippen molar-refractivity contribution in [1.82, 2.24) is 10.2 Å². The third-order valence-corrected chi connectivity index (χ3v) is 2.80. The maximum absolute atomic E-state index is 13.3. The molecule has 7 heteroatoms. The van der Waals surface area contributed by atoms with Crippen LogP contribution in [0.4, 0.5) is 4.39 Å². The molecule has 17 heavy (non-hydrogen) atoms. The molecule has 0 aliphatic heterocycles. The summed E-state index contributed by atoms with van der Waals surface area (Å²) < 4.78 is 17.8. The predicted molar refractivity (Wildman–Crippen MR) is 59.5 cm³/mol. The Kier molecular flexibility index (Phi) is 3.01. The number of nitrogens with one attached hydrogen (secondary N) is 1. The van der Waals surface area contributed by atoms with Gasteiger partial charge in [-0.3, -0.25) is 4.79 Å². The molecular weight excluding hydrogens is 247 g/mol. The molecule has 1 heterocycles. The summed E-state index contributed by atoms with van der Waals surface area (Å²) in [4.78, 5) is 21.9. The maximum Gasteiger partial charge on any atom is 0.337 e. The van der Waals surface area contributed by atoms with Crippen LogP contribution in [0.1, 0.15) is 10.4 Å². The minimum atomic E-state index is -0.645. The van der Waals surface area contributed by atoms with Gasteiger partial charge in [-0.15, -0.1) is 0 Å². The first-order chi connectivity index (χ1) is 8.10. The number of ether oxygens (including phenoxy) is 1. The Hall–Kier alpha value is -2.02. The Bertz CT molecular complexity index is 620. The summed E-state index contributed by atoms with van der Waals surface area (Å²) in [5, 5.41) is 6.26. The van der Waals surface area contributed by atoms with Gasteiger partial charge in [0.15, 0.2) is 0 Å². The maximum atomic E-state index is 13.3. The minimum Gasteiger partial charge on any atom is -0.465 e. The number of H-pyrrole nitrogens is 1. The Morgan fingerprint density at radius 3 is 2.82 bits per heavy atom. The van der Waals surface area contributed by atoms with Crippen LogP contribution in [0.2, 0.25) is 0 Å². The van der Waals surface area contributed by atoms with Crippen LogP contribution in [0.5, 0.6) is 0 Å². The molecule has 0 aliphatic rings. The lowest BCUT2D eigenvalue weighted by atomic mass is 10.1. The van der Waals surface area contributed by atoms with Crippen LogP contribution in [0, 0.1) is 5.82 Å². The smallest absolute Gasteiger partial charge is 0.337 e. The van der Waals surface area contributed by atoms with Gasteiger partial charge in [0.25, 0.3) is 0 Å². The zero-order chi connectivity index (χ0) is 12.4. The fourth-order valence-electron chi connectivity index (χ4n) is 1.30. The summed E-state index contributed by atoms with van der Waals surface area (Å²) in [6.45, 7) is 0. The number of rotatable bonds is 2. The number of benzene rings is 1. The quantitative estimate of drug-likeness (QED) is 0.823. The van der Waals surface area contributed by atoms with Gasteiger partial charge in [0.2, 0.25) is 0 Å². The highest BCUT2D eigenvalue weighted by atomic mass is 32.1. The normalized spacial score (nSPS) is 10.2. The predicted octanol–water partition coefficient (Wildman–Crippen LogP) is 1.42. The molecule has 0 saturated carbocycles. The second-order valence-corrected chi connectivity index (χ2v) is 4.10. The van der Waals surface area contributed by atoms with Crippen molar-refractivity contribution >= 4 is 17.3 Å². The molecule has 0 saturated heterocycles. The van der Waals surface area contributed by atoms with Crippen molar-refractivity contribution in [2.45, 2.75) is 0 Å². The van der Waals surface area contributed by atoms with Crippen LogP contribution in [0.3, 0.4) is 0 Å². The molecule has 2 rings (SSSR count). The fraction of sp³-hybridized carbons (Fsp3) is 0.100. The van der Waals surface area contributed by atoms with Crippen LogP contribution < -0.4 is 4.87 Å². The molecular formula is C10H7FN2O3S. The van der Waals surface area contributed by atoms with Crippen molar-refractivity contribution in [3.63, 3.8) is 0 Å². The van der Waals surface area contributed by atoms with Gasteiger partial charge >= 0.3 is 10.8 Å². The lowest BCUT2D eigenvalue weighted by molar-refractivity contribution is 0.0600. The fourth-order valence-corrected chi connectivity index (χ4v) is 1.90. The van der Waals surface area contributed by atoms with Gasteiger partial charge in [0.05, 0.1) is 12.7 Å². The Morgan fingerprint density at radius 1 is 1.47 bits per heavy atom. The van der Waals surface area contributed by atoms with Crippen LogP contribution >= 0.6 is 11.3 Å². The third kappa shape index (κ3) is 2.39. The van der Waals surface area contributed by atoms with Gasteiger partial charge in [-0.25, -0.2) is 14.3 Å². The molecule has 0 radical (unpaired) electrons. The van der Waals surface area contributed by atoms with E-state index in [4.69, 9.17) is 0 Å². The number of aromatic nitrogens is 2. The second-order valence-electron chi connectivity index (χ2n) is 3.14. The number of halogens is 1. The molecule has 88 valence electrons. The number of hydrogen-bond donors (Lipinski definition) is 1. The third-order valence-electron chi connectivity index (χ3n) is 2.00. The molecule has 0 fully saturated rings. The van der Waals surface area contributed by atoms with Crippen LogP contribution in [-0.4, -0.2) is 23.3 Å². The van der Waals surface area contributed by atoms with Crippen molar-refractivity contribution in [2.24, 2.45) is 0 Å². The first-order valence-corrected chi connectivity index (χ1v) is 5.36. The van der Waals surface area contributed by atoms with E-state index in [1.54, 1.807) is 0 Å². The molecule has 0 atom stereocenters. The largest absolute Gasteiger partial charge is 0.465 e. The van der Waals surface area contributed by atoms with Gasteiger partial charge in [0, 0.05) is 5.56 Å². The topological polar surface area (TPSA) is 72.0 Å². The molecule has 0 aliphatic carbocycles. The van der Waals surface area contributed by atoms with Crippen molar-refractivity contribution in [1.29, 1.82) is 0 Å². The number of esters is 1. The van der Waals surface area contributed by atoms with E-state index in [1.165, 1.54) is 19.2 Å². The Morgan fingerprint density at radius 2 is 2.24 bits per heavy atom. The lowest BCUT2D eigenvalue weighted by Gasteiger charge is -2.01. The minimum absolute atomic E-state index is 0.0742. The summed E-state index contributed by atoms with van der Waals surface area (Å²) in [5.74, 6) is -1.24. The zero-order valence-electron chi connectivity index (χ0n) is 8.69. The number of aromatic amines is 1. The van der Waals surface area contributed by atoms with Crippen molar-refractivity contribution in [2.75, 3.05) is 7.11 Å². The molecule has 0 spiro atoms. The molecule has 5 nitrogen and oxygen atoms in total. The highest BCUT2D eigenvalue weighted by Crippen LogP contribution is 2.21. The van der Waals surface area contributed by atoms with Gasteiger partial charge in [0.1, 0.15) is 10.8 Å². The van der Waals surface area contributed by atoms with Gasteiger partial charge in [-0.05, 0) is 18.2 Å². The van der Waals surface area contributed by atoms with E-state index in [9.17, 15) is 14.0 Å². The number of carbonyl (C=O) groups excluding carboxylic acids is 1. The van der Waals surface area contributed by atoms with E-state index < -0.39 is 11.8 Å². The SMILES string of the molecule is COC(=O)c1cc(F)cc(-c2n[nH]c(=O)s2)c1. The van der Waals surface area contributed by atoms with Crippen molar-refractivity contribution in [3.05, 3.63) is 39.2 Å². The number of hydrogen-bond acceptors (Lipinski definition) is 5. The van der Waals surface area contributed by atoms with Crippen LogP contribution in [-0.2, 0) is 4.74 Å². The molecule has 1 N–H and O–H groups in total. The summed E-state index contributed by atoms with van der Waals surface area (Å²) in [5.41, 5.74) is 0.430. The van der Waals surface area contributed by atoms with Crippen molar-refractivity contribution < 1.29 is 13.9 Å². The van der Waals surface area contributed by atoms with Gasteiger partial charge < -0.3 is 4.74 Å². The average Bonchev–Trinajstić information content (AvgIpc) is 2.74. The lowest BCUT2D eigenvalue weighted by Crippen LogP contribution is -2.02. The molecule has 0 unspecified atom stereocenters. The Labute approximate surface area is 98.9 Å². The summed E-state index contributed by atoms with van der Waals surface area (Å²) in [6.07, 6.45) is 0. The molecule has 2 aromatic rings. The second kappa shape index (κ2) is 4.46. The number of methoxy groups -OCH3 is 1. The van der Waals surface area contributed by atoms with E-state index in [0.29, 0.717) is 10.6 Å². The van der Waals surface area contributed by atoms with E-state index in [-0.39, 0.29) is 10.4 Å². The summed E-state index contributed by atoms with van der Waals surface area (Å²) in [6, 6.07) is 3.67. The van der Waals surface area contributed by atoms with E-state index >= 15 is 0 Å². The highest BCUT2D eigenvalue weighted by Gasteiger charge is 2.12. The monoisotopic (exact) mass is 254 g/mol. The van der Waals surface area contributed by atoms with Gasteiger partial charge in [-0.1, -0.05) is 11.3 Å². The number of carbonyl (C=O) groups is 1. The first-order valence-electron chi connectivity index (χ1n) is 4.55. The average molecular weight is 254 g/mol. The summed E-state index contributed by atoms with van der Waals surface area (Å²) in [7, 11) is 1.21. The standard InChI is InChI=1S/C10H7FN2O3S/c1-16-9(14)6-2-5(3-7(11)4-6)8-12-13-10(15)17-8/h2-4H,1H3,(H,13,15). The van der Waals surface area contributed by atoms with Gasteiger partial charge in [-0.2, -0.15) is 5.10 Å². The molecule has 1 aromatic carbocycles. The Balaban J connectivity index is 2.52. The van der Waals surface area contributed by atoms with Crippen LogP contribution in [0.15, 0.2) is 23.0 Å². The summed E-state index contributed by atoms with van der Waals surface area (Å²) >= 11 is 0.837. The molecule has 0 bridgehead atoms. The van der Waals surface area contributed by atoms with E-state index in [0.717, 1.165) is 17.4 Å². The van der Waals surface area contributed by atoms with E-state index in [1.807, 2.05) is 0 Å².